The quantitative estimate of drug-likeness (QED) is 0.451. The van der Waals surface area contributed by atoms with Crippen molar-refractivity contribution < 1.29 is 51.2 Å². The molecule has 7 nitrogen and oxygen atoms in total. The Morgan fingerprint density at radius 2 is 0.727 bits per heavy atom. The van der Waals surface area contributed by atoms with Crippen LogP contribution in [0.4, 0.5) is 0 Å². The van der Waals surface area contributed by atoms with Gasteiger partial charge in [-0.3, -0.25) is 13.7 Å². The molecule has 0 spiro atoms. The van der Waals surface area contributed by atoms with Crippen molar-refractivity contribution >= 4 is 26.1 Å². The van der Waals surface area contributed by atoms with E-state index < -0.39 is 26.1 Å². The molecule has 65 valence electrons. The summed E-state index contributed by atoms with van der Waals surface area (Å²) in [5.41, 5.74) is 0. The summed E-state index contributed by atoms with van der Waals surface area (Å²) >= 11 is 0. The molecule has 0 aliphatic heterocycles. The summed E-state index contributed by atoms with van der Waals surface area (Å²) in [6.45, 7) is 0. The average Bonchev–Trinajstić information content (AvgIpc) is 1.70. The molecule has 0 aromatic heterocycles. The van der Waals surface area contributed by atoms with Gasteiger partial charge in [0.2, 0.25) is 0 Å². The van der Waals surface area contributed by atoms with Gasteiger partial charge in [-0.1, -0.05) is 0 Å². The zero-order valence-corrected chi connectivity index (χ0v) is 8.66. The summed E-state index contributed by atoms with van der Waals surface area (Å²) in [4.78, 5) is 25.0. The van der Waals surface area contributed by atoms with Gasteiger partial charge in [0.1, 0.15) is 0 Å². The summed E-state index contributed by atoms with van der Waals surface area (Å²) in [7, 11) is -3.25. The van der Waals surface area contributed by atoms with Crippen molar-refractivity contribution in [2.24, 2.45) is 0 Å². The minimum Gasteiger partial charge on any atom is -0.772 e. The molecule has 0 bridgehead atoms. The Hall–Kier alpha value is 0.672. The molecule has 2 N–H and O–H groups in total. The van der Waals surface area contributed by atoms with E-state index >= 15 is 0 Å². The summed E-state index contributed by atoms with van der Waals surface area (Å²) in [5.74, 6) is 0. The molecular weight excluding hydrogens is 257 g/mol. The van der Waals surface area contributed by atoms with Crippen LogP contribution < -0.4 is 14.7 Å². The summed E-state index contributed by atoms with van der Waals surface area (Å²) in [6.07, 6.45) is 0. The Morgan fingerprint density at radius 3 is 0.727 bits per heavy atom. The molecular formula is H2CrO7P3. The van der Waals surface area contributed by atoms with Gasteiger partial charge in [-0.05, 0) is 0 Å². The predicted octanol–water partition coefficient (Wildman–Crippen LogP) is -2.17. The Bertz CT molecular complexity index is 50.4. The van der Waals surface area contributed by atoms with Gasteiger partial charge in [0.05, 0.1) is 26.1 Å². The van der Waals surface area contributed by atoms with E-state index in [1.165, 1.54) is 0 Å². The fourth-order valence-corrected chi connectivity index (χ4v) is 0. The van der Waals surface area contributed by atoms with Crippen molar-refractivity contribution in [3.63, 3.8) is 0 Å². The first-order valence-corrected chi connectivity index (χ1v) is 3.29. The predicted molar refractivity (Wildman–Crippen MR) is 26.4 cm³/mol. The van der Waals surface area contributed by atoms with Gasteiger partial charge in [0.25, 0.3) is 0 Å². The second-order valence-corrected chi connectivity index (χ2v) is 0.671. The monoisotopic (exact) mass is 259 g/mol. The Morgan fingerprint density at radius 1 is 0.727 bits per heavy atom. The smallest absolute Gasteiger partial charge is 0.772 e. The third kappa shape index (κ3) is 1780. The second kappa shape index (κ2) is 74.0. The van der Waals surface area contributed by atoms with Gasteiger partial charge in [0.15, 0.2) is 0 Å². The summed E-state index contributed by atoms with van der Waals surface area (Å²) in [5, 5.41) is 0. The van der Waals surface area contributed by atoms with Crippen LogP contribution in [0.25, 0.3) is 0 Å². The fourth-order valence-electron chi connectivity index (χ4n) is 0. The molecule has 0 aliphatic carbocycles. The molecule has 0 aliphatic rings. The average molecular weight is 259 g/mol. The van der Waals surface area contributed by atoms with Crippen LogP contribution in [0.1, 0.15) is 0 Å². The van der Waals surface area contributed by atoms with Crippen LogP contribution in [0.15, 0.2) is 0 Å². The largest absolute Gasteiger partial charge is 3.00 e. The summed E-state index contributed by atoms with van der Waals surface area (Å²) in [6, 6.07) is 0. The van der Waals surface area contributed by atoms with Crippen LogP contribution >= 0.6 is 26.1 Å². The Balaban J connectivity index is -0.0000000150. The van der Waals surface area contributed by atoms with Crippen molar-refractivity contribution in [3.05, 3.63) is 0 Å². The van der Waals surface area contributed by atoms with Crippen LogP contribution in [-0.4, -0.2) is 5.48 Å². The van der Waals surface area contributed by atoms with Crippen LogP contribution in [-0.2, 0) is 31.1 Å². The molecule has 0 saturated carbocycles. The van der Waals surface area contributed by atoms with Crippen molar-refractivity contribution in [1.82, 2.24) is 0 Å². The van der Waals surface area contributed by atoms with E-state index in [0.29, 0.717) is 0 Å². The van der Waals surface area contributed by atoms with Crippen LogP contribution in [0.3, 0.4) is 0 Å². The van der Waals surface area contributed by atoms with Crippen molar-refractivity contribution in [3.8, 4) is 0 Å². The molecule has 0 heterocycles. The van der Waals surface area contributed by atoms with Gasteiger partial charge in [-0.2, -0.15) is 0 Å². The van der Waals surface area contributed by atoms with Gasteiger partial charge in [0, 0.05) is 0 Å². The number of rotatable bonds is 0. The number of hydrogen-bond donors (Lipinski definition) is 0. The van der Waals surface area contributed by atoms with E-state index in [0.717, 1.165) is 0 Å². The van der Waals surface area contributed by atoms with E-state index in [1.807, 2.05) is 0 Å². The molecule has 0 unspecified atom stereocenters. The topological polar surface area (TPSA) is 152 Å². The fraction of sp³-hybridized carbons (Fsp3) is 0. The van der Waals surface area contributed by atoms with Crippen molar-refractivity contribution in [1.29, 1.82) is 0 Å². The maximum atomic E-state index is 8.35. The molecule has 0 fully saturated rings. The molecule has 0 aromatic carbocycles. The van der Waals surface area contributed by atoms with Gasteiger partial charge < -0.3 is 20.2 Å². The molecule has 0 rings (SSSR count). The van der Waals surface area contributed by atoms with Gasteiger partial charge >= 0.3 is 17.4 Å². The van der Waals surface area contributed by atoms with Crippen LogP contribution in [0.5, 0.6) is 0 Å². The Kier molecular flexibility index (Phi) is 201. The number of hydrogen-bond acceptors (Lipinski definition) is 6. The first-order chi connectivity index (χ1) is 4.24. The van der Waals surface area contributed by atoms with Gasteiger partial charge in [-0.15, -0.1) is 0 Å². The molecule has 11 heteroatoms. The summed E-state index contributed by atoms with van der Waals surface area (Å²) < 4.78 is 25.0. The van der Waals surface area contributed by atoms with E-state index in [2.05, 4.69) is 0 Å². The first-order valence-electron chi connectivity index (χ1n) is 1.10. The van der Waals surface area contributed by atoms with E-state index in [1.54, 1.807) is 0 Å². The maximum Gasteiger partial charge on any atom is 3.00 e. The van der Waals surface area contributed by atoms with E-state index in [9.17, 15) is 0 Å². The van der Waals surface area contributed by atoms with Crippen LogP contribution in [0, 0.1) is 0 Å². The molecule has 0 atom stereocenters. The minimum absolute atomic E-state index is 0. The molecule has 0 amide bonds. The minimum atomic E-state index is -1.08. The van der Waals surface area contributed by atoms with E-state index in [-0.39, 0.29) is 22.8 Å². The first kappa shape index (κ1) is 29.9. The zero-order chi connectivity index (χ0) is 8.12. The molecule has 0 aromatic rings. The SMILES string of the molecule is O.O=P[O-].O=P[O-].O=P[O-].[Cr+3]. The van der Waals surface area contributed by atoms with E-state index in [4.69, 9.17) is 28.4 Å². The molecule has 11 heavy (non-hydrogen) atoms. The third-order valence-electron chi connectivity index (χ3n) is 0. The van der Waals surface area contributed by atoms with Crippen LogP contribution in [0.2, 0.25) is 0 Å². The zero-order valence-electron chi connectivity index (χ0n) is 4.70. The second-order valence-electron chi connectivity index (χ2n) is 0.224. The Labute approximate surface area is 77.7 Å². The molecule has 1 radical (unpaired) electrons. The standard InChI is InChI=1S/Cr.3HO2P.H2O/c;3*1-3-2;/h;3*(H,1,2);1H2/q+3;;;;/p-3. The van der Waals surface area contributed by atoms with Crippen molar-refractivity contribution in [2.75, 3.05) is 0 Å². The van der Waals surface area contributed by atoms with Gasteiger partial charge in [-0.25, -0.2) is 0 Å². The molecule has 0 saturated heterocycles. The maximum absolute atomic E-state index is 8.35. The normalized spacial score (nSPS) is 5.73. The third-order valence-corrected chi connectivity index (χ3v) is 0. The van der Waals surface area contributed by atoms with Crippen molar-refractivity contribution in [2.45, 2.75) is 0 Å².